The van der Waals surface area contributed by atoms with E-state index in [1.165, 1.54) is 89.0 Å². The summed E-state index contributed by atoms with van der Waals surface area (Å²) in [5.41, 5.74) is 20.1. The van der Waals surface area contributed by atoms with Crippen LogP contribution < -0.4 is 0 Å². The summed E-state index contributed by atoms with van der Waals surface area (Å²) in [5, 5.41) is 9.68. The summed E-state index contributed by atoms with van der Waals surface area (Å²) >= 11 is 0. The summed E-state index contributed by atoms with van der Waals surface area (Å²) < 4.78 is 0. The molecule has 0 fully saturated rings. The van der Waals surface area contributed by atoms with Crippen molar-refractivity contribution in [2.75, 3.05) is 0 Å². The van der Waals surface area contributed by atoms with Crippen molar-refractivity contribution >= 4 is 5.57 Å². The summed E-state index contributed by atoms with van der Waals surface area (Å²) in [4.78, 5) is 0. The van der Waals surface area contributed by atoms with Gasteiger partial charge in [-0.25, -0.2) is 0 Å². The summed E-state index contributed by atoms with van der Waals surface area (Å²) in [6.07, 6.45) is 9.15. The topological polar surface area (TPSA) is 23.8 Å². The molecule has 4 aliphatic rings. The molecule has 280 valence electrons. The standard InChI is InChI=1S/C59H39N/c60-38-39-34-36-40(37-35-39)55-44-23-7-9-25-46(44)56(47-26-10-8-24-45(47)55)49-27-12-14-30-51(49)58(41-18-3-1-4-19-41)52-31-15-16-32-53(52)59(42-20-5-2-6-21-42)50-29-13-11-22-43(50)48-28-17-33-54(58)57(48)59/h1-37,44,55H. The van der Waals surface area contributed by atoms with Gasteiger partial charge in [-0.05, 0) is 101 Å². The minimum atomic E-state index is -0.684. The van der Waals surface area contributed by atoms with Gasteiger partial charge in [0.15, 0.2) is 0 Å². The molecule has 0 bridgehead atoms. The Labute approximate surface area is 351 Å². The van der Waals surface area contributed by atoms with Gasteiger partial charge in [0.25, 0.3) is 0 Å². The molecule has 8 aromatic rings. The maximum absolute atomic E-state index is 9.68. The monoisotopic (exact) mass is 761 g/mol. The number of nitrogens with zero attached hydrogens (tertiary/aromatic N) is 1. The van der Waals surface area contributed by atoms with E-state index >= 15 is 0 Å². The second-order valence-electron chi connectivity index (χ2n) is 16.5. The first-order valence-corrected chi connectivity index (χ1v) is 21.0. The zero-order valence-electron chi connectivity index (χ0n) is 33.0. The van der Waals surface area contributed by atoms with E-state index in [2.05, 4.69) is 218 Å². The van der Waals surface area contributed by atoms with Crippen molar-refractivity contribution < 1.29 is 0 Å². The van der Waals surface area contributed by atoms with Gasteiger partial charge in [-0.15, -0.1) is 0 Å². The molecule has 0 saturated heterocycles. The molecule has 0 saturated carbocycles. The molecule has 4 unspecified atom stereocenters. The number of benzene rings is 8. The lowest BCUT2D eigenvalue weighted by atomic mass is 9.51. The van der Waals surface area contributed by atoms with Gasteiger partial charge < -0.3 is 0 Å². The first-order chi connectivity index (χ1) is 29.8. The number of fused-ring (bicyclic) bond motifs is 7. The highest BCUT2D eigenvalue weighted by Gasteiger charge is 2.58. The lowest BCUT2D eigenvalue weighted by Crippen LogP contribution is -2.44. The van der Waals surface area contributed by atoms with Crippen molar-refractivity contribution in [3.8, 4) is 17.2 Å². The van der Waals surface area contributed by atoms with Crippen LogP contribution in [-0.4, -0.2) is 0 Å². The molecule has 0 aliphatic heterocycles. The van der Waals surface area contributed by atoms with Crippen LogP contribution >= 0.6 is 0 Å². The number of rotatable bonds is 5. The summed E-state index contributed by atoms with van der Waals surface area (Å²) in [7, 11) is 0. The van der Waals surface area contributed by atoms with E-state index in [1.54, 1.807) is 0 Å². The Hall–Kier alpha value is -7.53. The predicted molar refractivity (Wildman–Crippen MR) is 243 cm³/mol. The van der Waals surface area contributed by atoms with E-state index in [0.29, 0.717) is 5.56 Å². The normalized spacial score (nSPS) is 21.2. The highest BCUT2D eigenvalue weighted by Crippen LogP contribution is 2.66. The Morgan fingerprint density at radius 1 is 0.417 bits per heavy atom. The number of hydrogen-bond donors (Lipinski definition) is 0. The van der Waals surface area contributed by atoms with Gasteiger partial charge in [-0.1, -0.05) is 212 Å². The summed E-state index contributed by atoms with van der Waals surface area (Å²) in [5.74, 6) is 0.204. The van der Waals surface area contributed by atoms with E-state index < -0.39 is 10.8 Å². The molecule has 12 rings (SSSR count). The van der Waals surface area contributed by atoms with Gasteiger partial charge in [-0.3, -0.25) is 0 Å². The van der Waals surface area contributed by atoms with Gasteiger partial charge in [0.1, 0.15) is 0 Å². The molecule has 1 heteroatoms. The minimum absolute atomic E-state index is 0.0990. The predicted octanol–water partition coefficient (Wildman–Crippen LogP) is 13.3. The van der Waals surface area contributed by atoms with Crippen LogP contribution in [0.3, 0.4) is 0 Å². The average Bonchev–Trinajstić information content (AvgIpc) is 3.64. The number of hydrogen-bond acceptors (Lipinski definition) is 1. The molecular weight excluding hydrogens is 723 g/mol. The molecule has 0 radical (unpaired) electrons. The van der Waals surface area contributed by atoms with Crippen LogP contribution in [0.4, 0.5) is 0 Å². The molecule has 4 atom stereocenters. The molecule has 0 N–H and O–H groups in total. The molecule has 0 aromatic heterocycles. The smallest absolute Gasteiger partial charge is 0.0991 e. The lowest BCUT2D eigenvalue weighted by molar-refractivity contribution is 0.624. The SMILES string of the molecule is N#Cc1ccc(C2c3ccccc3C(c3ccccc3C3(c4ccccc4)c4ccccc4C4(c5ccccc5)c5ccccc5-c5cccc3c54)=C3C=CC=CC32)cc1. The fourth-order valence-corrected chi connectivity index (χ4v) is 11.7. The minimum Gasteiger partial charge on any atom is -0.192 e. The van der Waals surface area contributed by atoms with Gasteiger partial charge in [-0.2, -0.15) is 5.26 Å². The van der Waals surface area contributed by atoms with Crippen molar-refractivity contribution in [2.24, 2.45) is 5.92 Å². The first-order valence-electron chi connectivity index (χ1n) is 21.0. The van der Waals surface area contributed by atoms with E-state index in [-0.39, 0.29) is 11.8 Å². The van der Waals surface area contributed by atoms with Crippen LogP contribution in [0.15, 0.2) is 230 Å². The Balaban J connectivity index is 1.21. The lowest BCUT2D eigenvalue weighted by Gasteiger charge is -2.50. The second-order valence-corrected chi connectivity index (χ2v) is 16.5. The van der Waals surface area contributed by atoms with E-state index in [0.717, 1.165) is 0 Å². The van der Waals surface area contributed by atoms with E-state index in [4.69, 9.17) is 0 Å². The second kappa shape index (κ2) is 13.3. The molecule has 0 heterocycles. The van der Waals surface area contributed by atoms with E-state index in [1.807, 2.05) is 12.1 Å². The van der Waals surface area contributed by atoms with Crippen molar-refractivity contribution in [3.63, 3.8) is 0 Å². The van der Waals surface area contributed by atoms with Crippen LogP contribution in [-0.2, 0) is 10.8 Å². The van der Waals surface area contributed by atoms with E-state index in [9.17, 15) is 5.26 Å². The van der Waals surface area contributed by atoms with Crippen LogP contribution in [0.1, 0.15) is 78.2 Å². The third-order valence-electron chi connectivity index (χ3n) is 13.9. The first kappa shape index (κ1) is 34.5. The summed E-state index contributed by atoms with van der Waals surface area (Å²) in [6, 6.07) is 76.8. The third kappa shape index (κ3) is 4.51. The molecule has 0 amide bonds. The molecule has 1 nitrogen and oxygen atoms in total. The van der Waals surface area contributed by atoms with Gasteiger partial charge in [0.2, 0.25) is 0 Å². The molecule has 4 aliphatic carbocycles. The number of nitriles is 1. The van der Waals surface area contributed by atoms with Crippen molar-refractivity contribution in [1.82, 2.24) is 0 Å². The van der Waals surface area contributed by atoms with Crippen LogP contribution in [0.2, 0.25) is 0 Å². The zero-order chi connectivity index (χ0) is 39.8. The Bertz CT molecular complexity index is 3160. The average molecular weight is 762 g/mol. The molecule has 60 heavy (non-hydrogen) atoms. The van der Waals surface area contributed by atoms with Crippen molar-refractivity contribution in [1.29, 1.82) is 5.26 Å². The largest absolute Gasteiger partial charge is 0.192 e. The molecular formula is C59H39N. The van der Waals surface area contributed by atoms with Gasteiger partial charge in [0, 0.05) is 11.8 Å². The maximum Gasteiger partial charge on any atom is 0.0991 e. The Kier molecular flexibility index (Phi) is 7.62. The molecule has 8 aromatic carbocycles. The van der Waals surface area contributed by atoms with Crippen LogP contribution in [0.25, 0.3) is 16.7 Å². The Morgan fingerprint density at radius 2 is 0.950 bits per heavy atom. The van der Waals surface area contributed by atoms with Crippen LogP contribution in [0.5, 0.6) is 0 Å². The quantitative estimate of drug-likeness (QED) is 0.171. The number of allylic oxidation sites excluding steroid dienone is 5. The van der Waals surface area contributed by atoms with Crippen molar-refractivity contribution in [2.45, 2.75) is 16.7 Å². The maximum atomic E-state index is 9.68. The Morgan fingerprint density at radius 3 is 1.65 bits per heavy atom. The highest BCUT2D eigenvalue weighted by atomic mass is 14.6. The fourth-order valence-electron chi connectivity index (χ4n) is 11.7. The highest BCUT2D eigenvalue weighted by molar-refractivity contribution is 5.95. The van der Waals surface area contributed by atoms with Gasteiger partial charge >= 0.3 is 0 Å². The molecule has 0 spiro atoms. The summed E-state index contributed by atoms with van der Waals surface area (Å²) in [6.45, 7) is 0. The van der Waals surface area contributed by atoms with Crippen LogP contribution in [0, 0.1) is 17.2 Å². The fraction of sp³-hybridized carbons (Fsp3) is 0.0678. The van der Waals surface area contributed by atoms with Crippen molar-refractivity contribution in [3.05, 3.63) is 302 Å². The third-order valence-corrected chi connectivity index (χ3v) is 13.9. The zero-order valence-corrected chi connectivity index (χ0v) is 33.0. The van der Waals surface area contributed by atoms with Gasteiger partial charge in [0.05, 0.1) is 22.5 Å².